The average Bonchev–Trinajstić information content (AvgIpc) is 2.82. The van der Waals surface area contributed by atoms with Gasteiger partial charge in [0, 0.05) is 22.0 Å². The number of thiophene rings is 1. The summed E-state index contributed by atoms with van der Waals surface area (Å²) in [6.07, 6.45) is 0.250. The van der Waals surface area contributed by atoms with Crippen molar-refractivity contribution >= 4 is 55.5 Å². The molecule has 0 atom stereocenters. The summed E-state index contributed by atoms with van der Waals surface area (Å²) in [5, 5.41) is 3.94. The minimum atomic E-state index is 0.250. The number of aryl methyl sites for hydroxylation is 1. The molecule has 8 heteroatoms. The Labute approximate surface area is 146 Å². The first-order valence-corrected chi connectivity index (χ1v) is 8.28. The molecule has 1 aromatic carbocycles. The van der Waals surface area contributed by atoms with Crippen LogP contribution in [0.15, 0.2) is 28.7 Å². The van der Waals surface area contributed by atoms with Crippen LogP contribution in [0.1, 0.15) is 4.88 Å². The maximum atomic E-state index is 8.58. The second-order valence-electron chi connectivity index (χ2n) is 4.54. The van der Waals surface area contributed by atoms with Gasteiger partial charge in [0.1, 0.15) is 4.83 Å². The molecule has 5 N–H and O–H groups in total. The molecule has 0 aliphatic carbocycles. The van der Waals surface area contributed by atoms with Crippen LogP contribution in [0.25, 0.3) is 21.5 Å². The summed E-state index contributed by atoms with van der Waals surface area (Å²) < 4.78 is 1.01. The number of carbonyl (C=O) groups excluding carboxylic acids is 1. The molecule has 0 aliphatic heterocycles. The number of nitrogens with two attached hydrogens (primary N) is 2. The summed E-state index contributed by atoms with van der Waals surface area (Å²) in [5.41, 5.74) is 13.0. The molecule has 0 radical (unpaired) electrons. The molecule has 3 rings (SSSR count). The van der Waals surface area contributed by atoms with Gasteiger partial charge in [0.15, 0.2) is 0 Å². The van der Waals surface area contributed by atoms with Gasteiger partial charge in [-0.05, 0) is 19.1 Å². The quantitative estimate of drug-likeness (QED) is 0.579. The van der Waals surface area contributed by atoms with Crippen molar-refractivity contribution in [2.24, 2.45) is 5.73 Å². The first-order valence-electron chi connectivity index (χ1n) is 6.67. The predicted octanol–water partition coefficient (Wildman–Crippen LogP) is 3.15. The predicted molar refractivity (Wildman–Crippen MR) is 99.5 cm³/mol. The first kappa shape index (κ1) is 17.2. The van der Waals surface area contributed by atoms with E-state index in [0.717, 1.165) is 36.5 Å². The maximum Gasteiger partial charge on any atom is 0.224 e. The SMILES string of the molecule is CNc1nc(-c2cccc(Br)c2)c2c(N)c(C)sc2n1.NC=O. The number of nitrogen functional groups attached to an aromatic ring is 1. The topological polar surface area (TPSA) is 107 Å². The Morgan fingerprint density at radius 1 is 1.35 bits per heavy atom. The molecule has 3 aromatic rings. The number of aromatic nitrogens is 2. The molecule has 1 amide bonds. The third-order valence-corrected chi connectivity index (χ3v) is 4.60. The number of fused-ring (bicyclic) bond motifs is 1. The second-order valence-corrected chi connectivity index (χ2v) is 6.66. The smallest absolute Gasteiger partial charge is 0.224 e. The van der Waals surface area contributed by atoms with Crippen molar-refractivity contribution in [2.45, 2.75) is 6.92 Å². The Balaban J connectivity index is 0.000000595. The molecule has 0 saturated carbocycles. The lowest BCUT2D eigenvalue weighted by molar-refractivity contribution is -0.106. The minimum Gasteiger partial charge on any atom is -0.397 e. The molecule has 0 bridgehead atoms. The number of halogens is 1. The molecule has 2 aromatic heterocycles. The Morgan fingerprint density at radius 2 is 2.04 bits per heavy atom. The first-order chi connectivity index (χ1) is 11.0. The normalized spacial score (nSPS) is 10.0. The van der Waals surface area contributed by atoms with Crippen LogP contribution in [-0.2, 0) is 4.79 Å². The number of amides is 1. The van der Waals surface area contributed by atoms with E-state index in [1.54, 1.807) is 11.3 Å². The molecule has 2 heterocycles. The van der Waals surface area contributed by atoms with Crippen molar-refractivity contribution in [3.05, 3.63) is 33.6 Å². The molecule has 23 heavy (non-hydrogen) atoms. The zero-order valence-electron chi connectivity index (χ0n) is 12.6. The fraction of sp³-hybridized carbons (Fsp3) is 0.133. The number of benzene rings is 1. The summed E-state index contributed by atoms with van der Waals surface area (Å²) in [5.74, 6) is 0.605. The zero-order valence-corrected chi connectivity index (χ0v) is 15.0. The van der Waals surface area contributed by atoms with Crippen LogP contribution in [0, 0.1) is 6.92 Å². The van der Waals surface area contributed by atoms with E-state index in [-0.39, 0.29) is 6.41 Å². The Morgan fingerprint density at radius 3 is 2.65 bits per heavy atom. The number of nitrogens with zero attached hydrogens (tertiary/aromatic N) is 2. The number of carbonyl (C=O) groups is 1. The van der Waals surface area contributed by atoms with Crippen LogP contribution < -0.4 is 16.8 Å². The highest BCUT2D eigenvalue weighted by Crippen LogP contribution is 2.38. The fourth-order valence-corrected chi connectivity index (χ4v) is 3.43. The lowest BCUT2D eigenvalue weighted by Gasteiger charge is -2.07. The number of primary amides is 1. The van der Waals surface area contributed by atoms with E-state index in [0.29, 0.717) is 5.95 Å². The van der Waals surface area contributed by atoms with Crippen LogP contribution in [0.3, 0.4) is 0 Å². The van der Waals surface area contributed by atoms with E-state index < -0.39 is 0 Å². The Bertz CT molecular complexity index is 849. The monoisotopic (exact) mass is 393 g/mol. The molecule has 120 valence electrons. The van der Waals surface area contributed by atoms with Crippen molar-refractivity contribution in [2.75, 3.05) is 18.1 Å². The number of hydrogen-bond acceptors (Lipinski definition) is 6. The number of anilines is 2. The van der Waals surface area contributed by atoms with Crippen molar-refractivity contribution in [1.29, 1.82) is 0 Å². The molecule has 0 aliphatic rings. The third-order valence-electron chi connectivity index (χ3n) is 3.10. The number of hydrogen-bond donors (Lipinski definition) is 3. The number of rotatable bonds is 2. The van der Waals surface area contributed by atoms with E-state index in [2.05, 4.69) is 36.9 Å². The van der Waals surface area contributed by atoms with Gasteiger partial charge >= 0.3 is 0 Å². The largest absolute Gasteiger partial charge is 0.397 e. The maximum absolute atomic E-state index is 8.58. The molecule has 0 saturated heterocycles. The molecule has 6 nitrogen and oxygen atoms in total. The van der Waals surface area contributed by atoms with Gasteiger partial charge in [-0.1, -0.05) is 28.1 Å². The van der Waals surface area contributed by atoms with Crippen LogP contribution >= 0.6 is 27.3 Å². The van der Waals surface area contributed by atoms with Gasteiger partial charge in [-0.15, -0.1) is 11.3 Å². The van der Waals surface area contributed by atoms with Gasteiger partial charge in [-0.25, -0.2) is 9.97 Å². The highest BCUT2D eigenvalue weighted by molar-refractivity contribution is 9.10. The number of nitrogens with one attached hydrogen (secondary N) is 1. The summed E-state index contributed by atoms with van der Waals surface area (Å²) in [4.78, 5) is 19.6. The molecular weight excluding hydrogens is 378 g/mol. The standard InChI is InChI=1S/C14H13BrN4S.CH3NO/c1-7-11(16)10-12(8-4-3-5-9(15)6-8)18-14(17-2)19-13(10)20-7;2-1-3/h3-6H,16H2,1-2H3,(H,17,18,19);1H,(H2,2,3). The van der Waals surface area contributed by atoms with E-state index in [9.17, 15) is 0 Å². The van der Waals surface area contributed by atoms with Crippen molar-refractivity contribution in [3.63, 3.8) is 0 Å². The lowest BCUT2D eigenvalue weighted by Crippen LogP contribution is -1.99. The fourth-order valence-electron chi connectivity index (χ4n) is 2.09. The lowest BCUT2D eigenvalue weighted by atomic mass is 10.1. The Hall–Kier alpha value is -2.19. The van der Waals surface area contributed by atoms with Crippen LogP contribution in [0.5, 0.6) is 0 Å². The van der Waals surface area contributed by atoms with Crippen molar-refractivity contribution in [3.8, 4) is 11.3 Å². The molecule has 0 unspecified atom stereocenters. The average molecular weight is 394 g/mol. The van der Waals surface area contributed by atoms with Crippen LogP contribution in [-0.4, -0.2) is 23.4 Å². The van der Waals surface area contributed by atoms with Gasteiger partial charge in [0.2, 0.25) is 12.4 Å². The highest BCUT2D eigenvalue weighted by Gasteiger charge is 2.16. The van der Waals surface area contributed by atoms with E-state index in [1.807, 2.05) is 38.2 Å². The van der Waals surface area contributed by atoms with Gasteiger partial charge in [0.25, 0.3) is 0 Å². The second kappa shape index (κ2) is 7.38. The van der Waals surface area contributed by atoms with Crippen molar-refractivity contribution < 1.29 is 4.79 Å². The summed E-state index contributed by atoms with van der Waals surface area (Å²) >= 11 is 5.09. The van der Waals surface area contributed by atoms with Crippen LogP contribution in [0.2, 0.25) is 0 Å². The summed E-state index contributed by atoms with van der Waals surface area (Å²) in [7, 11) is 1.82. The van der Waals surface area contributed by atoms with E-state index >= 15 is 0 Å². The van der Waals surface area contributed by atoms with E-state index in [4.69, 9.17) is 10.5 Å². The van der Waals surface area contributed by atoms with Crippen LogP contribution in [0.4, 0.5) is 11.6 Å². The van der Waals surface area contributed by atoms with Gasteiger partial charge in [0.05, 0.1) is 16.8 Å². The third kappa shape index (κ3) is 3.59. The molecule has 0 fully saturated rings. The highest BCUT2D eigenvalue weighted by atomic mass is 79.9. The minimum absolute atomic E-state index is 0.250. The summed E-state index contributed by atoms with van der Waals surface area (Å²) in [6, 6.07) is 8.04. The molecule has 0 spiro atoms. The van der Waals surface area contributed by atoms with Gasteiger partial charge in [-0.3, -0.25) is 4.79 Å². The van der Waals surface area contributed by atoms with Gasteiger partial charge < -0.3 is 16.8 Å². The van der Waals surface area contributed by atoms with Gasteiger partial charge in [-0.2, -0.15) is 0 Å². The van der Waals surface area contributed by atoms with Crippen molar-refractivity contribution in [1.82, 2.24) is 9.97 Å². The molecular formula is C15H16BrN5OS. The van der Waals surface area contributed by atoms with E-state index in [1.165, 1.54) is 0 Å². The summed E-state index contributed by atoms with van der Waals surface area (Å²) in [6.45, 7) is 2.01. The zero-order chi connectivity index (χ0) is 17.0. The Kier molecular flexibility index (Phi) is 5.51.